The minimum absolute atomic E-state index is 0.346. The lowest BCUT2D eigenvalue weighted by molar-refractivity contribution is -0.119. The monoisotopic (exact) mass is 332 g/mol. The lowest BCUT2D eigenvalue weighted by Crippen LogP contribution is -2.37. The Hall–Kier alpha value is -3.33. The summed E-state index contributed by atoms with van der Waals surface area (Å²) in [5, 5.41) is 12.4. The van der Waals surface area contributed by atoms with E-state index in [0.29, 0.717) is 18.3 Å². The molecule has 1 aromatic heterocycles. The summed E-state index contributed by atoms with van der Waals surface area (Å²) in [7, 11) is 0. The molecule has 0 spiro atoms. The van der Waals surface area contributed by atoms with Crippen molar-refractivity contribution in [1.29, 1.82) is 5.26 Å². The molecule has 124 valence electrons. The van der Waals surface area contributed by atoms with Gasteiger partial charge in [-0.25, -0.2) is 4.98 Å². The van der Waals surface area contributed by atoms with Gasteiger partial charge in [0.2, 0.25) is 11.9 Å². The number of rotatable bonds is 3. The molecule has 1 N–H and O–H groups in total. The van der Waals surface area contributed by atoms with Crippen molar-refractivity contribution in [2.45, 2.75) is 13.0 Å². The third-order valence-corrected chi connectivity index (χ3v) is 4.38. The number of amides is 1. The summed E-state index contributed by atoms with van der Waals surface area (Å²) >= 11 is 0. The van der Waals surface area contributed by atoms with Gasteiger partial charge in [-0.05, 0) is 25.1 Å². The number of benzene rings is 2. The third-order valence-electron chi connectivity index (χ3n) is 4.38. The van der Waals surface area contributed by atoms with Crippen LogP contribution in [0.4, 0.5) is 5.95 Å². The maximum atomic E-state index is 12.5. The fourth-order valence-electron chi connectivity index (χ4n) is 3.35. The van der Waals surface area contributed by atoms with Crippen molar-refractivity contribution >= 4 is 22.9 Å². The smallest absolute Gasteiger partial charge is 0.246 e. The average molecular weight is 332 g/mol. The van der Waals surface area contributed by atoms with Crippen LogP contribution in [0.3, 0.4) is 0 Å². The van der Waals surface area contributed by atoms with Gasteiger partial charge in [-0.2, -0.15) is 5.26 Å². The van der Waals surface area contributed by atoms with Gasteiger partial charge in [0.15, 0.2) is 5.92 Å². The average Bonchev–Trinajstić information content (AvgIpc) is 2.99. The van der Waals surface area contributed by atoms with Crippen LogP contribution in [0.2, 0.25) is 0 Å². The van der Waals surface area contributed by atoms with E-state index in [-0.39, 0.29) is 5.91 Å². The molecule has 3 aromatic rings. The molecular formula is C19H16N4O2. The number of nitrogens with zero attached hydrogens (tertiary/aromatic N) is 3. The highest BCUT2D eigenvalue weighted by Crippen LogP contribution is 2.40. The first-order valence-electron chi connectivity index (χ1n) is 8.13. The number of ether oxygens (including phenoxy) is 1. The Morgan fingerprint density at radius 3 is 2.80 bits per heavy atom. The summed E-state index contributed by atoms with van der Waals surface area (Å²) in [5.74, 6) is -0.0870. The van der Waals surface area contributed by atoms with Crippen molar-refractivity contribution < 1.29 is 9.53 Å². The Bertz CT molecular complexity index is 1000. The number of carbonyl (C=O) groups excluding carboxylic acids is 1. The zero-order valence-corrected chi connectivity index (χ0v) is 13.6. The van der Waals surface area contributed by atoms with Crippen molar-refractivity contribution in [1.82, 2.24) is 9.55 Å². The first kappa shape index (κ1) is 15.2. The van der Waals surface area contributed by atoms with Crippen molar-refractivity contribution in [3.8, 4) is 11.8 Å². The molecule has 0 unspecified atom stereocenters. The van der Waals surface area contributed by atoms with E-state index in [9.17, 15) is 10.1 Å². The fraction of sp³-hybridized carbons (Fsp3) is 0.211. The molecule has 2 aromatic carbocycles. The summed E-state index contributed by atoms with van der Waals surface area (Å²) in [6.45, 7) is 2.41. The summed E-state index contributed by atoms with van der Waals surface area (Å²) < 4.78 is 7.67. The molecule has 0 radical (unpaired) electrons. The molecule has 1 amide bonds. The second kappa shape index (κ2) is 5.95. The molecule has 6 nitrogen and oxygen atoms in total. The minimum Gasteiger partial charge on any atom is -0.494 e. The number of hydrogen-bond acceptors (Lipinski definition) is 4. The molecule has 0 bridgehead atoms. The van der Waals surface area contributed by atoms with Crippen LogP contribution >= 0.6 is 0 Å². The molecular weight excluding hydrogens is 316 g/mol. The maximum absolute atomic E-state index is 12.5. The molecule has 1 aliphatic heterocycles. The van der Waals surface area contributed by atoms with Crippen LogP contribution in [0.1, 0.15) is 18.5 Å². The normalized spacial score (nSPS) is 19.1. The Labute approximate surface area is 144 Å². The Morgan fingerprint density at radius 1 is 1.24 bits per heavy atom. The van der Waals surface area contributed by atoms with Crippen LogP contribution in [-0.2, 0) is 4.79 Å². The van der Waals surface area contributed by atoms with E-state index in [1.165, 1.54) is 0 Å². The quantitative estimate of drug-likeness (QED) is 0.799. The lowest BCUT2D eigenvalue weighted by atomic mass is 9.90. The molecule has 0 saturated heterocycles. The largest absolute Gasteiger partial charge is 0.494 e. The number of anilines is 1. The third kappa shape index (κ3) is 2.32. The molecule has 1 aliphatic rings. The van der Waals surface area contributed by atoms with Gasteiger partial charge in [0.1, 0.15) is 5.75 Å². The van der Waals surface area contributed by atoms with Crippen LogP contribution in [0.25, 0.3) is 11.0 Å². The van der Waals surface area contributed by atoms with E-state index in [1.807, 2.05) is 60.0 Å². The van der Waals surface area contributed by atoms with E-state index in [2.05, 4.69) is 16.4 Å². The van der Waals surface area contributed by atoms with Crippen LogP contribution in [0.5, 0.6) is 5.75 Å². The number of para-hydroxylation sites is 3. The van der Waals surface area contributed by atoms with Gasteiger partial charge in [0.05, 0.1) is 29.8 Å². The zero-order valence-electron chi connectivity index (χ0n) is 13.6. The lowest BCUT2D eigenvalue weighted by Gasteiger charge is -2.30. The summed E-state index contributed by atoms with van der Waals surface area (Å²) in [6.07, 6.45) is 0. The standard InChI is InChI=1S/C19H16N4O2/c1-2-25-16-10-6-3-7-12(16)17-13(11-20)18(24)22-19-21-14-8-4-5-9-15(14)23(17)19/h3-10,13,17H,2H2,1H3,(H,21,22,24)/t13-,17+/m1/s1. The van der Waals surface area contributed by atoms with Gasteiger partial charge >= 0.3 is 0 Å². The van der Waals surface area contributed by atoms with Gasteiger partial charge in [0.25, 0.3) is 0 Å². The van der Waals surface area contributed by atoms with Gasteiger partial charge in [-0.1, -0.05) is 30.3 Å². The highest BCUT2D eigenvalue weighted by atomic mass is 16.5. The number of fused-ring (bicyclic) bond motifs is 3. The maximum Gasteiger partial charge on any atom is 0.246 e. The van der Waals surface area contributed by atoms with E-state index in [1.54, 1.807) is 0 Å². The Morgan fingerprint density at radius 2 is 2.00 bits per heavy atom. The molecule has 6 heteroatoms. The number of hydrogen-bond donors (Lipinski definition) is 1. The highest BCUT2D eigenvalue weighted by Gasteiger charge is 2.40. The number of carbonyl (C=O) groups is 1. The van der Waals surface area contributed by atoms with Gasteiger partial charge in [-0.15, -0.1) is 0 Å². The number of nitriles is 1. The van der Waals surface area contributed by atoms with Gasteiger partial charge in [0, 0.05) is 5.56 Å². The van der Waals surface area contributed by atoms with Gasteiger partial charge in [-0.3, -0.25) is 10.1 Å². The molecule has 4 rings (SSSR count). The zero-order chi connectivity index (χ0) is 17.4. The second-order valence-electron chi connectivity index (χ2n) is 5.81. The van der Waals surface area contributed by atoms with E-state index in [4.69, 9.17) is 4.74 Å². The van der Waals surface area contributed by atoms with Gasteiger partial charge < -0.3 is 9.30 Å². The predicted molar refractivity (Wildman–Crippen MR) is 93.2 cm³/mol. The number of imidazole rings is 1. The van der Waals surface area contributed by atoms with Crippen molar-refractivity contribution in [2.75, 3.05) is 11.9 Å². The van der Waals surface area contributed by atoms with Crippen LogP contribution in [0, 0.1) is 17.2 Å². The molecule has 2 heterocycles. The van der Waals surface area contributed by atoms with Crippen LogP contribution in [-0.4, -0.2) is 22.1 Å². The molecule has 0 saturated carbocycles. The molecule has 0 aliphatic carbocycles. The van der Waals surface area contributed by atoms with Crippen molar-refractivity contribution in [3.05, 3.63) is 54.1 Å². The minimum atomic E-state index is -0.869. The highest BCUT2D eigenvalue weighted by molar-refractivity contribution is 5.97. The summed E-state index contributed by atoms with van der Waals surface area (Å²) in [5.41, 5.74) is 2.44. The molecule has 0 fully saturated rings. The number of aromatic nitrogens is 2. The predicted octanol–water partition coefficient (Wildman–Crippen LogP) is 3.12. The van der Waals surface area contributed by atoms with E-state index < -0.39 is 12.0 Å². The molecule has 25 heavy (non-hydrogen) atoms. The Kier molecular flexibility index (Phi) is 3.62. The summed E-state index contributed by atoms with van der Waals surface area (Å²) in [6, 6.07) is 16.8. The number of nitrogens with one attached hydrogen (secondary N) is 1. The first-order chi connectivity index (χ1) is 12.2. The van der Waals surface area contributed by atoms with Crippen molar-refractivity contribution in [2.24, 2.45) is 5.92 Å². The fourth-order valence-corrected chi connectivity index (χ4v) is 3.35. The Balaban J connectivity index is 2.00. The van der Waals surface area contributed by atoms with E-state index >= 15 is 0 Å². The van der Waals surface area contributed by atoms with Crippen molar-refractivity contribution in [3.63, 3.8) is 0 Å². The summed E-state index contributed by atoms with van der Waals surface area (Å²) in [4.78, 5) is 17.0. The van der Waals surface area contributed by atoms with Crippen LogP contribution < -0.4 is 10.1 Å². The van der Waals surface area contributed by atoms with E-state index in [0.717, 1.165) is 16.6 Å². The SMILES string of the molecule is CCOc1ccccc1[C@H]1[C@@H](C#N)C(=O)Nc2nc3ccccc3n21. The topological polar surface area (TPSA) is 79.9 Å². The second-order valence-corrected chi connectivity index (χ2v) is 5.81. The first-order valence-corrected chi connectivity index (χ1v) is 8.13. The van der Waals surface area contributed by atoms with Crippen LogP contribution in [0.15, 0.2) is 48.5 Å². The molecule has 2 atom stereocenters.